The summed E-state index contributed by atoms with van der Waals surface area (Å²) in [6, 6.07) is 9.79. The highest BCUT2D eigenvalue weighted by atomic mass is 16.6. The Bertz CT molecular complexity index is 599. The maximum atomic E-state index is 5.58. The van der Waals surface area contributed by atoms with Gasteiger partial charge in [-0.15, -0.1) is 0 Å². The lowest BCUT2D eigenvalue weighted by Crippen LogP contribution is -2.15. The van der Waals surface area contributed by atoms with E-state index in [1.807, 2.05) is 37.3 Å². The molecule has 1 aliphatic rings. The van der Waals surface area contributed by atoms with Gasteiger partial charge in [-0.05, 0) is 30.7 Å². The Hall–Kier alpha value is -2.43. The monoisotopic (exact) mass is 286 g/mol. The van der Waals surface area contributed by atoms with Crippen LogP contribution in [0.3, 0.4) is 0 Å². The number of fused-ring (bicyclic) bond motifs is 1. The Balaban J connectivity index is 1.61. The van der Waals surface area contributed by atoms with Gasteiger partial charge in [0.25, 0.3) is 0 Å². The summed E-state index contributed by atoms with van der Waals surface area (Å²) in [5, 5.41) is 3.32. The SMILES string of the molecule is CCOc1ccc(NCc2ccc3c(c2)OCCO3)cn1. The molecule has 2 aromatic rings. The second kappa shape index (κ2) is 6.35. The Morgan fingerprint density at radius 2 is 2.00 bits per heavy atom. The van der Waals surface area contributed by atoms with E-state index in [2.05, 4.69) is 10.3 Å². The molecule has 1 aliphatic heterocycles. The summed E-state index contributed by atoms with van der Waals surface area (Å²) in [4.78, 5) is 4.22. The fourth-order valence-electron chi connectivity index (χ4n) is 2.12. The minimum Gasteiger partial charge on any atom is -0.486 e. The maximum absolute atomic E-state index is 5.58. The van der Waals surface area contributed by atoms with Crippen LogP contribution >= 0.6 is 0 Å². The Kier molecular flexibility index (Phi) is 4.09. The van der Waals surface area contributed by atoms with Crippen molar-refractivity contribution in [1.29, 1.82) is 0 Å². The van der Waals surface area contributed by atoms with Gasteiger partial charge < -0.3 is 19.5 Å². The first-order valence-corrected chi connectivity index (χ1v) is 7.06. The van der Waals surface area contributed by atoms with Crippen LogP contribution in [-0.4, -0.2) is 24.8 Å². The molecule has 0 saturated carbocycles. The maximum Gasteiger partial charge on any atom is 0.213 e. The molecule has 0 atom stereocenters. The summed E-state index contributed by atoms with van der Waals surface area (Å²) in [5.74, 6) is 2.26. The number of benzene rings is 1. The van der Waals surface area contributed by atoms with Crippen LogP contribution in [0, 0.1) is 0 Å². The number of ether oxygens (including phenoxy) is 3. The molecule has 3 rings (SSSR count). The molecule has 5 nitrogen and oxygen atoms in total. The lowest BCUT2D eigenvalue weighted by atomic mass is 10.2. The van der Waals surface area contributed by atoms with E-state index >= 15 is 0 Å². The highest BCUT2D eigenvalue weighted by Gasteiger charge is 2.11. The molecule has 0 radical (unpaired) electrons. The van der Waals surface area contributed by atoms with Gasteiger partial charge in [-0.2, -0.15) is 0 Å². The van der Waals surface area contributed by atoms with Crippen LogP contribution in [0.25, 0.3) is 0 Å². The van der Waals surface area contributed by atoms with Gasteiger partial charge in [0.1, 0.15) is 13.2 Å². The predicted molar refractivity (Wildman–Crippen MR) is 80.2 cm³/mol. The molecule has 0 spiro atoms. The number of pyridine rings is 1. The van der Waals surface area contributed by atoms with E-state index in [0.717, 1.165) is 22.7 Å². The summed E-state index contributed by atoms with van der Waals surface area (Å²) in [6.45, 7) is 4.48. The molecule has 110 valence electrons. The molecule has 0 bridgehead atoms. The largest absolute Gasteiger partial charge is 0.486 e. The van der Waals surface area contributed by atoms with Crippen molar-refractivity contribution in [1.82, 2.24) is 4.98 Å². The van der Waals surface area contributed by atoms with Crippen LogP contribution in [-0.2, 0) is 6.54 Å². The van der Waals surface area contributed by atoms with Crippen molar-refractivity contribution in [2.24, 2.45) is 0 Å². The molecule has 2 heterocycles. The number of nitrogens with zero attached hydrogens (tertiary/aromatic N) is 1. The van der Waals surface area contributed by atoms with Gasteiger partial charge >= 0.3 is 0 Å². The van der Waals surface area contributed by atoms with Crippen molar-refractivity contribution in [2.45, 2.75) is 13.5 Å². The first kappa shape index (κ1) is 13.5. The van der Waals surface area contributed by atoms with Crippen molar-refractivity contribution in [3.8, 4) is 17.4 Å². The van der Waals surface area contributed by atoms with Gasteiger partial charge in [0.05, 0.1) is 18.5 Å². The number of anilines is 1. The van der Waals surface area contributed by atoms with Crippen molar-refractivity contribution in [3.05, 3.63) is 42.1 Å². The molecule has 1 aromatic carbocycles. The lowest BCUT2D eigenvalue weighted by Gasteiger charge is -2.19. The van der Waals surface area contributed by atoms with Crippen LogP contribution in [0.2, 0.25) is 0 Å². The molecule has 0 unspecified atom stereocenters. The lowest BCUT2D eigenvalue weighted by molar-refractivity contribution is 0.171. The summed E-state index contributed by atoms with van der Waals surface area (Å²) in [7, 11) is 0. The fraction of sp³-hybridized carbons (Fsp3) is 0.312. The number of nitrogens with one attached hydrogen (secondary N) is 1. The third-order valence-corrected chi connectivity index (χ3v) is 3.13. The summed E-state index contributed by atoms with van der Waals surface area (Å²) in [5.41, 5.74) is 2.08. The molecule has 0 fully saturated rings. The van der Waals surface area contributed by atoms with E-state index in [1.54, 1.807) is 6.20 Å². The first-order chi connectivity index (χ1) is 10.3. The zero-order chi connectivity index (χ0) is 14.5. The Labute approximate surface area is 123 Å². The Morgan fingerprint density at radius 1 is 1.14 bits per heavy atom. The summed E-state index contributed by atoms with van der Waals surface area (Å²) >= 11 is 0. The fourth-order valence-corrected chi connectivity index (χ4v) is 2.12. The molecule has 1 aromatic heterocycles. The van der Waals surface area contributed by atoms with E-state index < -0.39 is 0 Å². The van der Waals surface area contributed by atoms with Crippen LogP contribution in [0.4, 0.5) is 5.69 Å². The predicted octanol–water partition coefficient (Wildman–Crippen LogP) is 2.86. The van der Waals surface area contributed by atoms with Gasteiger partial charge in [-0.3, -0.25) is 0 Å². The number of aromatic nitrogens is 1. The Morgan fingerprint density at radius 3 is 2.76 bits per heavy atom. The summed E-state index contributed by atoms with van der Waals surface area (Å²) < 4.78 is 16.4. The highest BCUT2D eigenvalue weighted by Crippen LogP contribution is 2.30. The number of hydrogen-bond acceptors (Lipinski definition) is 5. The van der Waals surface area contributed by atoms with Crippen LogP contribution in [0.5, 0.6) is 17.4 Å². The van der Waals surface area contributed by atoms with E-state index in [4.69, 9.17) is 14.2 Å². The van der Waals surface area contributed by atoms with Crippen LogP contribution in [0.15, 0.2) is 36.5 Å². The zero-order valence-corrected chi connectivity index (χ0v) is 12.0. The average Bonchev–Trinajstić information content (AvgIpc) is 2.54. The van der Waals surface area contributed by atoms with E-state index in [9.17, 15) is 0 Å². The number of hydrogen-bond donors (Lipinski definition) is 1. The minimum absolute atomic E-state index is 0.604. The molecular weight excluding hydrogens is 268 g/mol. The van der Waals surface area contributed by atoms with Crippen molar-refractivity contribution in [2.75, 3.05) is 25.1 Å². The topological polar surface area (TPSA) is 52.6 Å². The minimum atomic E-state index is 0.604. The van der Waals surface area contributed by atoms with Gasteiger partial charge in [-0.25, -0.2) is 4.98 Å². The second-order valence-electron chi connectivity index (χ2n) is 4.65. The van der Waals surface area contributed by atoms with E-state index in [0.29, 0.717) is 32.2 Å². The van der Waals surface area contributed by atoms with Gasteiger partial charge in [0, 0.05) is 12.6 Å². The molecule has 0 aliphatic carbocycles. The first-order valence-electron chi connectivity index (χ1n) is 7.06. The van der Waals surface area contributed by atoms with E-state index in [1.165, 1.54) is 0 Å². The second-order valence-corrected chi connectivity index (χ2v) is 4.65. The molecule has 21 heavy (non-hydrogen) atoms. The standard InChI is InChI=1S/C16H18N2O3/c1-2-19-16-6-4-13(11-18-16)17-10-12-3-5-14-15(9-12)21-8-7-20-14/h3-6,9,11,17H,2,7-8,10H2,1H3. The smallest absolute Gasteiger partial charge is 0.213 e. The zero-order valence-electron chi connectivity index (χ0n) is 12.0. The van der Waals surface area contributed by atoms with Crippen molar-refractivity contribution < 1.29 is 14.2 Å². The van der Waals surface area contributed by atoms with Gasteiger partial charge in [0.15, 0.2) is 11.5 Å². The number of rotatable bonds is 5. The molecule has 1 N–H and O–H groups in total. The highest BCUT2D eigenvalue weighted by molar-refractivity contribution is 5.46. The third kappa shape index (κ3) is 3.37. The van der Waals surface area contributed by atoms with Crippen molar-refractivity contribution in [3.63, 3.8) is 0 Å². The third-order valence-electron chi connectivity index (χ3n) is 3.13. The van der Waals surface area contributed by atoms with Gasteiger partial charge in [0.2, 0.25) is 5.88 Å². The average molecular weight is 286 g/mol. The molecular formula is C16H18N2O3. The van der Waals surface area contributed by atoms with Crippen LogP contribution < -0.4 is 19.5 Å². The van der Waals surface area contributed by atoms with Crippen molar-refractivity contribution >= 4 is 5.69 Å². The normalized spacial score (nSPS) is 12.8. The van der Waals surface area contributed by atoms with Gasteiger partial charge in [-0.1, -0.05) is 6.07 Å². The molecule has 0 saturated heterocycles. The van der Waals surface area contributed by atoms with Crippen LogP contribution in [0.1, 0.15) is 12.5 Å². The molecule has 0 amide bonds. The molecule has 5 heteroatoms. The quantitative estimate of drug-likeness (QED) is 0.916. The summed E-state index contributed by atoms with van der Waals surface area (Å²) in [6.07, 6.45) is 1.77. The van der Waals surface area contributed by atoms with E-state index in [-0.39, 0.29) is 0 Å².